The zero-order valence-corrected chi connectivity index (χ0v) is 12.5. The lowest BCUT2D eigenvalue weighted by Crippen LogP contribution is -2.36. The van der Waals surface area contributed by atoms with Crippen molar-refractivity contribution in [3.8, 4) is 0 Å². The van der Waals surface area contributed by atoms with Crippen molar-refractivity contribution in [3.05, 3.63) is 44.0 Å². The minimum Gasteiger partial charge on any atom is -0.310 e. The Morgan fingerprint density at radius 1 is 1.50 bits per heavy atom. The maximum absolute atomic E-state index is 12.2. The molecule has 0 saturated heterocycles. The van der Waals surface area contributed by atoms with Gasteiger partial charge in [-0.2, -0.15) is 0 Å². The highest BCUT2D eigenvalue weighted by Crippen LogP contribution is 2.18. The Kier molecular flexibility index (Phi) is 3.67. The first-order valence-electron chi connectivity index (χ1n) is 6.85. The number of H-pyrrole nitrogens is 1. The fraction of sp³-hybridized carbons (Fsp3) is 0.500. The van der Waals surface area contributed by atoms with Crippen molar-refractivity contribution in [1.29, 1.82) is 0 Å². The van der Waals surface area contributed by atoms with E-state index < -0.39 is 0 Å². The minimum atomic E-state index is 0.0154. The largest absolute Gasteiger partial charge is 0.310 e. The van der Waals surface area contributed by atoms with Crippen LogP contribution in [0.1, 0.15) is 42.5 Å². The molecule has 3 rings (SSSR count). The minimum absolute atomic E-state index is 0.0154. The van der Waals surface area contributed by atoms with Crippen LogP contribution in [0.5, 0.6) is 0 Å². The predicted molar refractivity (Wildman–Crippen MR) is 78.9 cm³/mol. The molecular formula is C14H18N4OS. The predicted octanol–water partition coefficient (Wildman–Crippen LogP) is 1.91. The van der Waals surface area contributed by atoms with Gasteiger partial charge >= 0.3 is 0 Å². The third kappa shape index (κ3) is 2.66. The Morgan fingerprint density at radius 3 is 3.05 bits per heavy atom. The zero-order valence-electron chi connectivity index (χ0n) is 11.7. The van der Waals surface area contributed by atoms with Gasteiger partial charge in [0.15, 0.2) is 0 Å². The number of nitrogens with one attached hydrogen (secondary N) is 1. The summed E-state index contributed by atoms with van der Waals surface area (Å²) in [5, 5.41) is 2.06. The molecule has 1 aliphatic rings. The monoisotopic (exact) mass is 290 g/mol. The second-order valence-corrected chi connectivity index (χ2v) is 6.19. The molecule has 0 aliphatic carbocycles. The average molecular weight is 290 g/mol. The maximum Gasteiger partial charge on any atom is 0.255 e. The molecule has 1 N–H and O–H groups in total. The van der Waals surface area contributed by atoms with Crippen LogP contribution in [0, 0.1) is 0 Å². The number of hydrogen-bond donors (Lipinski definition) is 1. The van der Waals surface area contributed by atoms with Crippen LogP contribution in [-0.4, -0.2) is 26.4 Å². The zero-order chi connectivity index (χ0) is 14.1. The molecule has 0 unspecified atom stereocenters. The standard InChI is InChI=1S/C14H18N4OS/c1-9(2)13-16-12-3-4-18(5-10-7-20-8-15-10)6-11(12)14(19)17-13/h7-9H,3-6H2,1-2H3,(H,16,17,19). The summed E-state index contributed by atoms with van der Waals surface area (Å²) in [4.78, 5) is 26.3. The Balaban J connectivity index is 1.83. The van der Waals surface area contributed by atoms with Crippen molar-refractivity contribution in [1.82, 2.24) is 19.9 Å². The molecule has 1 aliphatic heterocycles. The molecule has 0 atom stereocenters. The molecule has 2 aromatic heterocycles. The summed E-state index contributed by atoms with van der Waals surface area (Å²) >= 11 is 1.60. The molecule has 0 spiro atoms. The van der Waals surface area contributed by atoms with Crippen LogP contribution < -0.4 is 5.56 Å². The van der Waals surface area contributed by atoms with E-state index in [0.717, 1.165) is 42.3 Å². The first-order valence-corrected chi connectivity index (χ1v) is 7.79. The third-order valence-electron chi connectivity index (χ3n) is 3.58. The van der Waals surface area contributed by atoms with Crippen LogP contribution in [0.15, 0.2) is 15.7 Å². The summed E-state index contributed by atoms with van der Waals surface area (Å²) in [5.41, 5.74) is 4.71. The Morgan fingerprint density at radius 2 is 2.35 bits per heavy atom. The van der Waals surface area contributed by atoms with Crippen molar-refractivity contribution in [3.63, 3.8) is 0 Å². The van der Waals surface area contributed by atoms with Crippen LogP contribution in [0.25, 0.3) is 0 Å². The molecule has 6 heteroatoms. The van der Waals surface area contributed by atoms with E-state index in [0.29, 0.717) is 6.54 Å². The molecular weight excluding hydrogens is 272 g/mol. The summed E-state index contributed by atoms with van der Waals surface area (Å²) < 4.78 is 0. The van der Waals surface area contributed by atoms with E-state index >= 15 is 0 Å². The van der Waals surface area contributed by atoms with Crippen LogP contribution in [0.2, 0.25) is 0 Å². The topological polar surface area (TPSA) is 61.9 Å². The van der Waals surface area contributed by atoms with E-state index in [4.69, 9.17) is 0 Å². The van der Waals surface area contributed by atoms with Gasteiger partial charge in [-0.1, -0.05) is 13.8 Å². The molecule has 5 nitrogen and oxygen atoms in total. The summed E-state index contributed by atoms with van der Waals surface area (Å²) in [6.45, 7) is 6.48. The van der Waals surface area contributed by atoms with Gasteiger partial charge in [-0.05, 0) is 0 Å². The van der Waals surface area contributed by atoms with Gasteiger partial charge in [0, 0.05) is 37.4 Å². The maximum atomic E-state index is 12.2. The molecule has 106 valence electrons. The van der Waals surface area contributed by atoms with Crippen molar-refractivity contribution < 1.29 is 0 Å². The molecule has 0 amide bonds. The fourth-order valence-electron chi connectivity index (χ4n) is 2.45. The number of aromatic amines is 1. The molecule has 20 heavy (non-hydrogen) atoms. The molecule has 0 radical (unpaired) electrons. The van der Waals surface area contributed by atoms with Gasteiger partial charge in [-0.3, -0.25) is 9.69 Å². The lowest BCUT2D eigenvalue weighted by molar-refractivity contribution is 0.239. The lowest BCUT2D eigenvalue weighted by Gasteiger charge is -2.27. The number of fused-ring (bicyclic) bond motifs is 1. The van der Waals surface area contributed by atoms with Crippen LogP contribution in [0.3, 0.4) is 0 Å². The summed E-state index contributed by atoms with van der Waals surface area (Å²) in [5.74, 6) is 1.04. The van der Waals surface area contributed by atoms with Crippen molar-refractivity contribution in [2.24, 2.45) is 0 Å². The van der Waals surface area contributed by atoms with Gasteiger partial charge in [0.25, 0.3) is 5.56 Å². The summed E-state index contributed by atoms with van der Waals surface area (Å²) in [6.07, 6.45) is 0.836. The number of nitrogens with zero attached hydrogens (tertiary/aromatic N) is 3. The van der Waals surface area contributed by atoms with E-state index in [9.17, 15) is 4.79 Å². The highest BCUT2D eigenvalue weighted by molar-refractivity contribution is 7.07. The van der Waals surface area contributed by atoms with Crippen LogP contribution in [0.4, 0.5) is 0 Å². The molecule has 0 aromatic carbocycles. The molecule has 0 saturated carbocycles. The molecule has 2 aromatic rings. The van der Waals surface area contributed by atoms with Crippen molar-refractivity contribution in [2.75, 3.05) is 6.54 Å². The summed E-state index contributed by atoms with van der Waals surface area (Å²) in [7, 11) is 0. The van der Waals surface area contributed by atoms with Crippen LogP contribution in [-0.2, 0) is 19.5 Å². The normalized spacial score (nSPS) is 15.6. The molecule has 0 bridgehead atoms. The molecule has 0 fully saturated rings. The highest BCUT2D eigenvalue weighted by Gasteiger charge is 2.22. The number of hydrogen-bond acceptors (Lipinski definition) is 5. The highest BCUT2D eigenvalue weighted by atomic mass is 32.1. The van der Waals surface area contributed by atoms with E-state index in [1.54, 1.807) is 11.3 Å². The fourth-order valence-corrected chi connectivity index (χ4v) is 3.00. The third-order valence-corrected chi connectivity index (χ3v) is 4.22. The Hall–Kier alpha value is -1.53. The Labute approximate surface area is 121 Å². The lowest BCUT2D eigenvalue weighted by atomic mass is 10.1. The van der Waals surface area contributed by atoms with Gasteiger partial charge in [0.2, 0.25) is 0 Å². The van der Waals surface area contributed by atoms with E-state index in [-0.39, 0.29) is 11.5 Å². The molecule has 3 heterocycles. The average Bonchev–Trinajstić information content (AvgIpc) is 2.92. The van der Waals surface area contributed by atoms with E-state index in [1.807, 2.05) is 19.4 Å². The van der Waals surface area contributed by atoms with Gasteiger partial charge < -0.3 is 4.98 Å². The number of thiazole rings is 1. The van der Waals surface area contributed by atoms with E-state index in [1.165, 1.54) is 0 Å². The van der Waals surface area contributed by atoms with Gasteiger partial charge in [-0.25, -0.2) is 9.97 Å². The van der Waals surface area contributed by atoms with Gasteiger partial charge in [0.1, 0.15) is 5.82 Å². The second kappa shape index (κ2) is 5.46. The first kappa shape index (κ1) is 13.5. The van der Waals surface area contributed by atoms with Gasteiger partial charge in [-0.15, -0.1) is 11.3 Å². The number of aromatic nitrogens is 3. The van der Waals surface area contributed by atoms with Gasteiger partial charge in [0.05, 0.1) is 22.5 Å². The van der Waals surface area contributed by atoms with Crippen LogP contribution >= 0.6 is 11.3 Å². The number of rotatable bonds is 3. The van der Waals surface area contributed by atoms with Crippen molar-refractivity contribution >= 4 is 11.3 Å². The van der Waals surface area contributed by atoms with E-state index in [2.05, 4.69) is 25.2 Å². The quantitative estimate of drug-likeness (QED) is 0.938. The SMILES string of the molecule is CC(C)c1nc2c(c(=O)[nH]1)CN(Cc1cscn1)CC2. The first-order chi connectivity index (χ1) is 9.63. The van der Waals surface area contributed by atoms with Crippen molar-refractivity contribution in [2.45, 2.75) is 39.3 Å². The smallest absolute Gasteiger partial charge is 0.255 e. The second-order valence-electron chi connectivity index (χ2n) is 5.47. The Bertz CT molecular complexity index is 648. The summed E-state index contributed by atoms with van der Waals surface area (Å²) in [6, 6.07) is 0.